The summed E-state index contributed by atoms with van der Waals surface area (Å²) in [5.41, 5.74) is 6.96. The average molecular weight is 288 g/mol. The monoisotopic (exact) mass is 288 g/mol. The zero-order chi connectivity index (χ0) is 15.2. The minimum absolute atomic E-state index is 0.0375. The van der Waals surface area contributed by atoms with Crippen LogP contribution in [-0.2, 0) is 4.74 Å². The molecule has 1 aromatic carbocycles. The maximum atomic E-state index is 11.3. The largest absolute Gasteiger partial charge is 0.463 e. The first-order valence-corrected chi connectivity index (χ1v) is 6.29. The summed E-state index contributed by atoms with van der Waals surface area (Å²) >= 11 is 0. The molecule has 21 heavy (non-hydrogen) atoms. The third-order valence-electron chi connectivity index (χ3n) is 2.82. The number of nitrogens with one attached hydrogen (secondary N) is 1. The van der Waals surface area contributed by atoms with Gasteiger partial charge < -0.3 is 20.9 Å². The molecule has 0 fully saturated rings. The van der Waals surface area contributed by atoms with Crippen LogP contribution in [0.3, 0.4) is 0 Å². The van der Waals surface area contributed by atoms with Crippen LogP contribution in [0, 0.1) is 0 Å². The molecule has 1 unspecified atom stereocenters. The molecule has 4 N–H and O–H groups in total. The number of carbonyl (C=O) groups excluding carboxylic acids is 1. The highest BCUT2D eigenvalue weighted by molar-refractivity contribution is 5.85. The van der Waals surface area contributed by atoms with E-state index in [1.165, 1.54) is 13.3 Å². The Labute approximate surface area is 121 Å². The molecule has 7 nitrogen and oxygen atoms in total. The smallest absolute Gasteiger partial charge is 0.376 e. The lowest BCUT2D eigenvalue weighted by Gasteiger charge is -2.13. The topological polar surface area (TPSA) is 110 Å². The molecule has 0 amide bonds. The first-order valence-electron chi connectivity index (χ1n) is 6.29. The van der Waals surface area contributed by atoms with Gasteiger partial charge >= 0.3 is 5.97 Å². The molecule has 0 aliphatic carbocycles. The summed E-state index contributed by atoms with van der Waals surface area (Å²) in [6.07, 6.45) is 0.721. The van der Waals surface area contributed by atoms with Crippen LogP contribution in [0.4, 0.5) is 11.5 Å². The number of rotatable bonds is 5. The number of aromatic nitrogens is 2. The molecule has 110 valence electrons. The third kappa shape index (κ3) is 3.90. The predicted molar refractivity (Wildman–Crippen MR) is 77.7 cm³/mol. The van der Waals surface area contributed by atoms with Crippen molar-refractivity contribution in [3.63, 3.8) is 0 Å². The summed E-state index contributed by atoms with van der Waals surface area (Å²) in [6, 6.07) is 8.54. The molecule has 2 rings (SSSR count). The van der Waals surface area contributed by atoms with Gasteiger partial charge in [0, 0.05) is 18.4 Å². The van der Waals surface area contributed by atoms with Crippen molar-refractivity contribution < 1.29 is 14.6 Å². The number of ether oxygens (including phenoxy) is 1. The van der Waals surface area contributed by atoms with Gasteiger partial charge in [-0.1, -0.05) is 12.1 Å². The van der Waals surface area contributed by atoms with Crippen molar-refractivity contribution in [3.8, 4) is 0 Å². The molecule has 0 saturated carbocycles. The number of hydrogen-bond donors (Lipinski definition) is 3. The summed E-state index contributed by atoms with van der Waals surface area (Å²) in [5.74, 6) is -0.220. The molecule has 0 saturated heterocycles. The summed E-state index contributed by atoms with van der Waals surface area (Å²) in [7, 11) is 1.26. The Kier molecular flexibility index (Phi) is 4.68. The number of aliphatic hydroxyl groups excluding tert-OH is 1. The van der Waals surface area contributed by atoms with Crippen LogP contribution in [0.2, 0.25) is 0 Å². The fourth-order valence-corrected chi connectivity index (χ4v) is 1.68. The van der Waals surface area contributed by atoms with Crippen molar-refractivity contribution in [2.45, 2.75) is 6.10 Å². The van der Waals surface area contributed by atoms with E-state index in [9.17, 15) is 9.90 Å². The number of hydrogen-bond acceptors (Lipinski definition) is 7. The van der Waals surface area contributed by atoms with E-state index in [1.54, 1.807) is 30.3 Å². The van der Waals surface area contributed by atoms with E-state index < -0.39 is 12.1 Å². The summed E-state index contributed by atoms with van der Waals surface area (Å²) in [6.45, 7) is 0.238. The quantitative estimate of drug-likeness (QED) is 0.556. The van der Waals surface area contributed by atoms with Gasteiger partial charge in [0.25, 0.3) is 0 Å². The first-order chi connectivity index (χ1) is 10.1. The van der Waals surface area contributed by atoms with E-state index in [4.69, 9.17) is 5.73 Å². The average Bonchev–Trinajstić information content (AvgIpc) is 2.52. The van der Waals surface area contributed by atoms with Crippen LogP contribution >= 0.6 is 0 Å². The minimum Gasteiger partial charge on any atom is -0.463 e. The van der Waals surface area contributed by atoms with Gasteiger partial charge in [0.05, 0.1) is 13.2 Å². The Balaban J connectivity index is 1.99. The Morgan fingerprint density at radius 3 is 2.76 bits per heavy atom. The number of esters is 1. The maximum Gasteiger partial charge on any atom is 0.376 e. The lowest BCUT2D eigenvalue weighted by atomic mass is 10.1. The predicted octanol–water partition coefficient (Wildman–Crippen LogP) is 0.991. The first kappa shape index (κ1) is 14.7. The maximum absolute atomic E-state index is 11.3. The highest BCUT2D eigenvalue weighted by Crippen LogP contribution is 2.15. The summed E-state index contributed by atoms with van der Waals surface area (Å²) < 4.78 is 4.54. The fraction of sp³-hybridized carbons (Fsp3) is 0.214. The molecule has 1 heterocycles. The molecule has 1 aromatic heterocycles. The van der Waals surface area contributed by atoms with Crippen LogP contribution in [0.1, 0.15) is 22.3 Å². The Morgan fingerprint density at radius 2 is 2.10 bits per heavy atom. The number of anilines is 2. The van der Waals surface area contributed by atoms with Gasteiger partial charge in [-0.25, -0.2) is 14.8 Å². The van der Waals surface area contributed by atoms with Crippen molar-refractivity contribution in [1.82, 2.24) is 9.97 Å². The second-order valence-electron chi connectivity index (χ2n) is 4.32. The van der Waals surface area contributed by atoms with Gasteiger partial charge in [-0.3, -0.25) is 0 Å². The van der Waals surface area contributed by atoms with Crippen molar-refractivity contribution in [1.29, 1.82) is 0 Å². The van der Waals surface area contributed by atoms with Crippen LogP contribution in [0.15, 0.2) is 36.5 Å². The number of nitrogen functional groups attached to an aromatic ring is 1. The second kappa shape index (κ2) is 6.67. The van der Waals surface area contributed by atoms with E-state index in [-0.39, 0.29) is 12.4 Å². The molecule has 0 bridgehead atoms. The Hall–Kier alpha value is -2.67. The Morgan fingerprint density at radius 1 is 1.38 bits per heavy atom. The van der Waals surface area contributed by atoms with Gasteiger partial charge in [-0.15, -0.1) is 0 Å². The van der Waals surface area contributed by atoms with E-state index in [1.807, 2.05) is 0 Å². The van der Waals surface area contributed by atoms with E-state index in [0.717, 1.165) is 5.56 Å². The highest BCUT2D eigenvalue weighted by Gasteiger charge is 2.11. The van der Waals surface area contributed by atoms with Gasteiger partial charge in [0.2, 0.25) is 5.82 Å². The van der Waals surface area contributed by atoms with E-state index in [0.29, 0.717) is 11.5 Å². The minimum atomic E-state index is -0.720. The van der Waals surface area contributed by atoms with Crippen LogP contribution < -0.4 is 11.1 Å². The van der Waals surface area contributed by atoms with Crippen molar-refractivity contribution in [3.05, 3.63) is 47.9 Å². The number of carbonyl (C=O) groups is 1. The van der Waals surface area contributed by atoms with Crippen LogP contribution in [-0.4, -0.2) is 34.7 Å². The number of benzene rings is 1. The van der Waals surface area contributed by atoms with Gasteiger partial charge in [-0.05, 0) is 23.8 Å². The molecule has 0 radical (unpaired) electrons. The molecule has 0 aliphatic rings. The number of nitrogens with zero attached hydrogens (tertiary/aromatic N) is 2. The number of methoxy groups -OCH3 is 1. The zero-order valence-electron chi connectivity index (χ0n) is 11.5. The molecule has 0 aliphatic heterocycles. The molecule has 1 atom stereocenters. The van der Waals surface area contributed by atoms with Gasteiger partial charge in [-0.2, -0.15) is 0 Å². The normalized spacial score (nSPS) is 11.7. The number of nitrogens with two attached hydrogens (primary N) is 1. The van der Waals surface area contributed by atoms with Crippen LogP contribution in [0.25, 0.3) is 0 Å². The lowest BCUT2D eigenvalue weighted by molar-refractivity contribution is 0.0587. The van der Waals surface area contributed by atoms with Gasteiger partial charge in [0.15, 0.2) is 0 Å². The standard InChI is InChI=1S/C14H16N4O3/c1-21-14(20)13-16-7-6-12(18-13)17-8-11(19)9-2-4-10(15)5-3-9/h2-7,11,19H,8,15H2,1H3,(H,16,17,18). The van der Waals surface area contributed by atoms with Crippen molar-refractivity contribution in [2.75, 3.05) is 24.7 Å². The zero-order valence-corrected chi connectivity index (χ0v) is 11.5. The fourth-order valence-electron chi connectivity index (χ4n) is 1.68. The van der Waals surface area contributed by atoms with Crippen molar-refractivity contribution >= 4 is 17.5 Å². The lowest BCUT2D eigenvalue weighted by Crippen LogP contribution is -2.15. The SMILES string of the molecule is COC(=O)c1nccc(NCC(O)c2ccc(N)cc2)n1. The Bertz CT molecular complexity index is 616. The van der Waals surface area contributed by atoms with E-state index >= 15 is 0 Å². The molecular weight excluding hydrogens is 272 g/mol. The molecule has 2 aromatic rings. The van der Waals surface area contributed by atoms with Gasteiger partial charge in [0.1, 0.15) is 5.82 Å². The number of aliphatic hydroxyl groups is 1. The molecule has 7 heteroatoms. The second-order valence-corrected chi connectivity index (χ2v) is 4.32. The summed E-state index contributed by atoms with van der Waals surface area (Å²) in [4.78, 5) is 19.1. The molecule has 0 spiro atoms. The van der Waals surface area contributed by atoms with Crippen molar-refractivity contribution in [2.24, 2.45) is 0 Å². The third-order valence-corrected chi connectivity index (χ3v) is 2.82. The molecular formula is C14H16N4O3. The van der Waals surface area contributed by atoms with Crippen LogP contribution in [0.5, 0.6) is 0 Å². The summed E-state index contributed by atoms with van der Waals surface area (Å²) in [5, 5.41) is 13.0. The highest BCUT2D eigenvalue weighted by atomic mass is 16.5. The van der Waals surface area contributed by atoms with E-state index in [2.05, 4.69) is 20.0 Å².